The van der Waals surface area contributed by atoms with E-state index >= 15 is 0 Å². The van der Waals surface area contributed by atoms with Crippen molar-refractivity contribution < 1.29 is 13.2 Å². The van der Waals surface area contributed by atoms with Gasteiger partial charge in [0, 0.05) is 18.7 Å². The standard InChI is InChI=1S/C11H12N4O3S2/c12-20(17,18)7-4-10(16)15(5-7)6-1-2-8-9(3-6)14-11(19)13-8/h1-3,7H,4-5H2,(H2,12,17,18)(H2,13,14,19). The molecule has 2 heterocycles. The molecule has 1 aliphatic heterocycles. The van der Waals surface area contributed by atoms with Gasteiger partial charge in [0.1, 0.15) is 5.25 Å². The lowest BCUT2D eigenvalue weighted by Gasteiger charge is -2.16. The van der Waals surface area contributed by atoms with Gasteiger partial charge in [-0.25, -0.2) is 13.6 Å². The summed E-state index contributed by atoms with van der Waals surface area (Å²) >= 11 is 4.99. The fourth-order valence-corrected chi connectivity index (χ4v) is 3.28. The number of sulfonamides is 1. The van der Waals surface area contributed by atoms with E-state index < -0.39 is 15.3 Å². The number of H-pyrrole nitrogens is 2. The number of rotatable bonds is 2. The Labute approximate surface area is 119 Å². The number of primary sulfonamides is 1. The average Bonchev–Trinajstić information content (AvgIpc) is 2.89. The Hall–Kier alpha value is -1.71. The molecule has 1 saturated heterocycles. The summed E-state index contributed by atoms with van der Waals surface area (Å²) in [7, 11) is -3.71. The van der Waals surface area contributed by atoms with Crippen LogP contribution in [0.4, 0.5) is 5.69 Å². The molecule has 1 atom stereocenters. The van der Waals surface area contributed by atoms with Crippen LogP contribution in [0.2, 0.25) is 0 Å². The Morgan fingerprint density at radius 2 is 2.00 bits per heavy atom. The predicted molar refractivity (Wildman–Crippen MR) is 77.3 cm³/mol. The number of aromatic amines is 2. The summed E-state index contributed by atoms with van der Waals surface area (Å²) in [6.45, 7) is 0.0777. The first-order valence-corrected chi connectivity index (χ1v) is 7.90. The van der Waals surface area contributed by atoms with E-state index in [1.807, 2.05) is 0 Å². The molecule has 4 N–H and O–H groups in total. The van der Waals surface area contributed by atoms with Gasteiger partial charge in [0.05, 0.1) is 11.0 Å². The zero-order valence-electron chi connectivity index (χ0n) is 10.3. The zero-order chi connectivity index (χ0) is 14.5. The summed E-state index contributed by atoms with van der Waals surface area (Å²) in [6.07, 6.45) is -0.0833. The molecule has 7 nitrogen and oxygen atoms in total. The van der Waals surface area contributed by atoms with E-state index in [4.69, 9.17) is 17.4 Å². The van der Waals surface area contributed by atoms with Gasteiger partial charge in [-0.15, -0.1) is 0 Å². The molecule has 106 valence electrons. The summed E-state index contributed by atoms with van der Waals surface area (Å²) in [5.74, 6) is -0.252. The maximum Gasteiger partial charge on any atom is 0.228 e. The molecule has 1 aromatic heterocycles. The second kappa shape index (κ2) is 4.40. The van der Waals surface area contributed by atoms with Gasteiger partial charge in [0.25, 0.3) is 0 Å². The molecule has 1 amide bonds. The molecule has 0 spiro atoms. The number of imidazole rings is 1. The van der Waals surface area contributed by atoms with Crippen molar-refractivity contribution in [3.05, 3.63) is 23.0 Å². The van der Waals surface area contributed by atoms with E-state index in [0.717, 1.165) is 11.0 Å². The number of anilines is 1. The SMILES string of the molecule is NS(=O)(=O)C1CC(=O)N(c2ccc3[nH]c(=S)[nH]c3c2)C1. The zero-order valence-corrected chi connectivity index (χ0v) is 11.9. The maximum atomic E-state index is 11.9. The molecule has 9 heteroatoms. The van der Waals surface area contributed by atoms with E-state index in [-0.39, 0.29) is 18.9 Å². The van der Waals surface area contributed by atoms with Crippen molar-refractivity contribution in [2.45, 2.75) is 11.7 Å². The Balaban J connectivity index is 1.99. The summed E-state index contributed by atoms with van der Waals surface area (Å²) in [5, 5.41) is 4.25. The largest absolute Gasteiger partial charge is 0.331 e. The van der Waals surface area contributed by atoms with Crippen molar-refractivity contribution in [2.24, 2.45) is 5.14 Å². The number of nitrogens with one attached hydrogen (secondary N) is 2. The Bertz CT molecular complexity index is 852. The highest BCUT2D eigenvalue weighted by Gasteiger charge is 2.37. The van der Waals surface area contributed by atoms with Gasteiger partial charge in [-0.3, -0.25) is 4.79 Å². The molecular formula is C11H12N4O3S2. The minimum absolute atomic E-state index is 0.0777. The highest BCUT2D eigenvalue weighted by molar-refractivity contribution is 7.89. The summed E-state index contributed by atoms with van der Waals surface area (Å²) in [6, 6.07) is 5.28. The van der Waals surface area contributed by atoms with Crippen LogP contribution in [0.25, 0.3) is 11.0 Å². The molecule has 1 unspecified atom stereocenters. The van der Waals surface area contributed by atoms with Gasteiger partial charge in [-0.1, -0.05) is 0 Å². The van der Waals surface area contributed by atoms with Crippen molar-refractivity contribution in [3.63, 3.8) is 0 Å². The maximum absolute atomic E-state index is 11.9. The summed E-state index contributed by atoms with van der Waals surface area (Å²) in [5.41, 5.74) is 2.21. The molecular weight excluding hydrogens is 300 g/mol. The first kappa shape index (κ1) is 13.3. The molecule has 0 aliphatic carbocycles. The van der Waals surface area contributed by atoms with E-state index in [0.29, 0.717) is 10.5 Å². The van der Waals surface area contributed by atoms with E-state index in [1.165, 1.54) is 4.90 Å². The molecule has 0 saturated carbocycles. The smallest absolute Gasteiger partial charge is 0.228 e. The molecule has 0 bridgehead atoms. The number of carbonyl (C=O) groups is 1. The Kier molecular flexibility index (Phi) is 2.92. The van der Waals surface area contributed by atoms with Crippen LogP contribution in [0.5, 0.6) is 0 Å². The predicted octanol–water partition coefficient (Wildman–Crippen LogP) is 0.619. The van der Waals surface area contributed by atoms with Crippen LogP contribution in [0.1, 0.15) is 6.42 Å². The number of benzene rings is 1. The van der Waals surface area contributed by atoms with Gasteiger partial charge in [-0.2, -0.15) is 0 Å². The minimum Gasteiger partial charge on any atom is -0.331 e. The second-order valence-corrected chi connectivity index (χ2v) is 6.98. The average molecular weight is 312 g/mol. The number of amides is 1. The molecule has 1 aromatic carbocycles. The first-order chi connectivity index (χ1) is 9.34. The second-order valence-electron chi connectivity index (χ2n) is 4.73. The molecule has 1 aliphatic rings. The van der Waals surface area contributed by atoms with E-state index in [9.17, 15) is 13.2 Å². The third-order valence-electron chi connectivity index (χ3n) is 3.37. The van der Waals surface area contributed by atoms with Crippen LogP contribution >= 0.6 is 12.2 Å². The molecule has 2 aromatic rings. The number of fused-ring (bicyclic) bond motifs is 1. The molecule has 1 fully saturated rings. The number of aromatic nitrogens is 2. The first-order valence-electron chi connectivity index (χ1n) is 5.88. The monoisotopic (exact) mass is 312 g/mol. The number of hydrogen-bond donors (Lipinski definition) is 3. The lowest BCUT2D eigenvalue weighted by atomic mass is 10.2. The fourth-order valence-electron chi connectivity index (χ4n) is 2.33. The van der Waals surface area contributed by atoms with Crippen LogP contribution in [-0.2, 0) is 14.8 Å². The Morgan fingerprint density at radius 1 is 1.30 bits per heavy atom. The summed E-state index contributed by atoms with van der Waals surface area (Å²) < 4.78 is 23.2. The van der Waals surface area contributed by atoms with Crippen LogP contribution < -0.4 is 10.0 Å². The normalized spacial score (nSPS) is 19.9. The minimum atomic E-state index is -3.71. The number of nitrogens with two attached hydrogens (primary N) is 1. The topological polar surface area (TPSA) is 112 Å². The van der Waals surface area contributed by atoms with Gasteiger partial charge in [-0.05, 0) is 30.4 Å². The number of carbonyl (C=O) groups excluding carboxylic acids is 1. The van der Waals surface area contributed by atoms with Crippen molar-refractivity contribution >= 4 is 44.9 Å². The van der Waals surface area contributed by atoms with Crippen LogP contribution in [0.15, 0.2) is 18.2 Å². The molecule has 0 radical (unpaired) electrons. The van der Waals surface area contributed by atoms with Gasteiger partial charge < -0.3 is 14.9 Å². The van der Waals surface area contributed by atoms with E-state index in [1.54, 1.807) is 18.2 Å². The van der Waals surface area contributed by atoms with Gasteiger partial charge in [0.2, 0.25) is 15.9 Å². The van der Waals surface area contributed by atoms with Crippen LogP contribution in [0.3, 0.4) is 0 Å². The lowest BCUT2D eigenvalue weighted by molar-refractivity contribution is -0.117. The molecule has 20 heavy (non-hydrogen) atoms. The van der Waals surface area contributed by atoms with E-state index in [2.05, 4.69) is 9.97 Å². The highest BCUT2D eigenvalue weighted by atomic mass is 32.2. The van der Waals surface area contributed by atoms with Crippen molar-refractivity contribution in [1.29, 1.82) is 0 Å². The van der Waals surface area contributed by atoms with Crippen molar-refractivity contribution in [2.75, 3.05) is 11.4 Å². The third kappa shape index (κ3) is 2.23. The quantitative estimate of drug-likeness (QED) is 0.706. The number of nitrogens with zero attached hydrogens (tertiary/aromatic N) is 1. The Morgan fingerprint density at radius 3 is 2.65 bits per heavy atom. The van der Waals surface area contributed by atoms with Crippen molar-refractivity contribution in [3.8, 4) is 0 Å². The number of hydrogen-bond acceptors (Lipinski definition) is 4. The lowest BCUT2D eigenvalue weighted by Crippen LogP contribution is -2.32. The summed E-state index contributed by atoms with van der Waals surface area (Å²) in [4.78, 5) is 19.3. The van der Waals surface area contributed by atoms with Gasteiger partial charge >= 0.3 is 0 Å². The third-order valence-corrected chi connectivity index (χ3v) is 4.81. The molecule has 3 rings (SSSR count). The van der Waals surface area contributed by atoms with Gasteiger partial charge in [0.15, 0.2) is 4.77 Å². The van der Waals surface area contributed by atoms with Crippen LogP contribution in [-0.4, -0.2) is 36.1 Å². The van der Waals surface area contributed by atoms with Crippen molar-refractivity contribution in [1.82, 2.24) is 9.97 Å². The fraction of sp³-hybridized carbons (Fsp3) is 0.273. The van der Waals surface area contributed by atoms with Crippen LogP contribution in [0, 0.1) is 4.77 Å². The highest BCUT2D eigenvalue weighted by Crippen LogP contribution is 2.26.